The normalized spacial score (nSPS) is 11.6. The lowest BCUT2D eigenvalue weighted by Gasteiger charge is -2.29. The lowest BCUT2D eigenvalue weighted by atomic mass is 9.94. The molecule has 1 heterocycles. The van der Waals surface area contributed by atoms with Crippen LogP contribution in [-0.4, -0.2) is 0 Å². The molecule has 2 heteroatoms. The molecule has 0 aliphatic rings. The van der Waals surface area contributed by atoms with E-state index in [0.717, 1.165) is 50.1 Å². The SMILES string of the molecule is c1ccc(-c2ccc(-c3ccc(N(c4cc5ccccc5c5ccccc45)c4ccc(-c5cccc6ccccc56)c5oc6ccccc6c45)cc3)cc2)cc1. The second-order valence-corrected chi connectivity index (χ2v) is 14.4. The van der Waals surface area contributed by atoms with E-state index in [1.165, 1.54) is 54.6 Å². The molecule has 262 valence electrons. The number of hydrogen-bond acceptors (Lipinski definition) is 2. The van der Waals surface area contributed by atoms with E-state index in [9.17, 15) is 0 Å². The van der Waals surface area contributed by atoms with Crippen molar-refractivity contribution in [3.05, 3.63) is 212 Å². The fourth-order valence-corrected chi connectivity index (χ4v) is 8.59. The first kappa shape index (κ1) is 32.0. The number of furan rings is 1. The minimum atomic E-state index is 0.869. The van der Waals surface area contributed by atoms with Gasteiger partial charge in [-0.05, 0) is 91.1 Å². The van der Waals surface area contributed by atoms with E-state index in [2.05, 4.69) is 217 Å². The molecule has 0 N–H and O–H groups in total. The van der Waals surface area contributed by atoms with Crippen LogP contribution in [0.2, 0.25) is 0 Å². The maximum Gasteiger partial charge on any atom is 0.145 e. The Morgan fingerprint density at radius 1 is 0.321 bits per heavy atom. The van der Waals surface area contributed by atoms with Crippen LogP contribution >= 0.6 is 0 Å². The van der Waals surface area contributed by atoms with Crippen LogP contribution in [0.3, 0.4) is 0 Å². The van der Waals surface area contributed by atoms with Gasteiger partial charge in [-0.1, -0.05) is 176 Å². The quantitative estimate of drug-likeness (QED) is 0.160. The minimum Gasteiger partial charge on any atom is -0.455 e. The Morgan fingerprint density at radius 2 is 0.875 bits per heavy atom. The van der Waals surface area contributed by atoms with Gasteiger partial charge in [0.15, 0.2) is 0 Å². The highest BCUT2D eigenvalue weighted by Crippen LogP contribution is 2.49. The van der Waals surface area contributed by atoms with E-state index in [4.69, 9.17) is 4.42 Å². The number of benzene rings is 10. The topological polar surface area (TPSA) is 16.4 Å². The van der Waals surface area contributed by atoms with Gasteiger partial charge in [0.25, 0.3) is 0 Å². The molecule has 0 saturated carbocycles. The fraction of sp³-hybridized carbons (Fsp3) is 0. The predicted octanol–water partition coefficient (Wildman–Crippen LogP) is 15.5. The van der Waals surface area contributed by atoms with Gasteiger partial charge in [0.1, 0.15) is 11.2 Å². The summed E-state index contributed by atoms with van der Waals surface area (Å²) in [7, 11) is 0. The molecule has 56 heavy (non-hydrogen) atoms. The Morgan fingerprint density at radius 3 is 1.62 bits per heavy atom. The highest BCUT2D eigenvalue weighted by Gasteiger charge is 2.24. The van der Waals surface area contributed by atoms with E-state index in [0.29, 0.717) is 0 Å². The molecule has 11 aromatic rings. The Labute approximate surface area is 325 Å². The van der Waals surface area contributed by atoms with E-state index in [1.54, 1.807) is 0 Å². The lowest BCUT2D eigenvalue weighted by Crippen LogP contribution is -2.11. The van der Waals surface area contributed by atoms with Gasteiger partial charge >= 0.3 is 0 Å². The van der Waals surface area contributed by atoms with Crippen LogP contribution in [0, 0.1) is 0 Å². The molecule has 11 rings (SSSR count). The molecule has 0 bridgehead atoms. The van der Waals surface area contributed by atoms with Gasteiger partial charge in [-0.15, -0.1) is 0 Å². The number of hydrogen-bond donors (Lipinski definition) is 0. The van der Waals surface area contributed by atoms with E-state index in [-0.39, 0.29) is 0 Å². The number of rotatable bonds is 6. The molecule has 0 aliphatic carbocycles. The Kier molecular flexibility index (Phi) is 7.53. The van der Waals surface area contributed by atoms with Crippen molar-refractivity contribution in [3.63, 3.8) is 0 Å². The number of nitrogens with zero attached hydrogens (tertiary/aromatic N) is 1. The molecule has 0 aliphatic heterocycles. The average molecular weight is 714 g/mol. The predicted molar refractivity (Wildman–Crippen MR) is 237 cm³/mol. The lowest BCUT2D eigenvalue weighted by molar-refractivity contribution is 0.670. The van der Waals surface area contributed by atoms with Gasteiger partial charge in [0, 0.05) is 22.0 Å². The Hall–Kier alpha value is -7.42. The Bertz CT molecular complexity index is 3230. The number of anilines is 3. The van der Waals surface area contributed by atoms with Gasteiger partial charge in [0.2, 0.25) is 0 Å². The minimum absolute atomic E-state index is 0.869. The van der Waals surface area contributed by atoms with Gasteiger partial charge in [-0.3, -0.25) is 0 Å². The molecular formula is C54H35NO. The summed E-state index contributed by atoms with van der Waals surface area (Å²) < 4.78 is 6.90. The molecule has 0 atom stereocenters. The standard InChI is InChI=1S/C54H35NO/c1-2-13-36(14-3-1)37-25-27-38(28-26-37)39-29-31-42(32-30-39)55(51-35-41-16-5-7-19-44(41)45-20-8-9-21-47(45)51)50-34-33-48(46-23-12-17-40-15-4-6-18-43(40)46)54-53(50)49-22-10-11-24-52(49)56-54/h1-35H. The third-order valence-electron chi connectivity index (χ3n) is 11.3. The third-order valence-corrected chi connectivity index (χ3v) is 11.3. The molecule has 0 radical (unpaired) electrons. The van der Waals surface area contributed by atoms with Gasteiger partial charge < -0.3 is 9.32 Å². The second-order valence-electron chi connectivity index (χ2n) is 14.4. The van der Waals surface area contributed by atoms with Crippen LogP contribution < -0.4 is 4.90 Å². The first-order chi connectivity index (χ1) is 27.8. The van der Waals surface area contributed by atoms with Crippen molar-refractivity contribution in [2.45, 2.75) is 0 Å². The summed E-state index contributed by atoms with van der Waals surface area (Å²) in [6.45, 7) is 0. The first-order valence-electron chi connectivity index (χ1n) is 19.2. The van der Waals surface area contributed by atoms with Gasteiger partial charge in [-0.25, -0.2) is 0 Å². The fourth-order valence-electron chi connectivity index (χ4n) is 8.59. The van der Waals surface area contributed by atoms with Crippen molar-refractivity contribution >= 4 is 71.3 Å². The highest BCUT2D eigenvalue weighted by atomic mass is 16.3. The van der Waals surface area contributed by atoms with Crippen LogP contribution in [0.1, 0.15) is 0 Å². The molecule has 0 spiro atoms. The smallest absolute Gasteiger partial charge is 0.145 e. The molecule has 0 unspecified atom stereocenters. The third kappa shape index (κ3) is 5.26. The zero-order chi connectivity index (χ0) is 37.0. The monoisotopic (exact) mass is 713 g/mol. The summed E-state index contributed by atoms with van der Waals surface area (Å²) in [5, 5.41) is 9.43. The summed E-state index contributed by atoms with van der Waals surface area (Å²) in [4.78, 5) is 2.44. The van der Waals surface area contributed by atoms with Crippen molar-refractivity contribution < 1.29 is 4.42 Å². The van der Waals surface area contributed by atoms with Crippen molar-refractivity contribution in [2.75, 3.05) is 4.90 Å². The molecule has 0 amide bonds. The summed E-state index contributed by atoms with van der Waals surface area (Å²) >= 11 is 0. The van der Waals surface area contributed by atoms with Crippen LogP contribution in [0.25, 0.3) is 87.6 Å². The molecule has 1 aromatic heterocycles. The van der Waals surface area contributed by atoms with Crippen molar-refractivity contribution in [1.82, 2.24) is 0 Å². The average Bonchev–Trinajstić information content (AvgIpc) is 3.67. The maximum absolute atomic E-state index is 6.90. The Balaban J connectivity index is 1.15. The van der Waals surface area contributed by atoms with Gasteiger partial charge in [-0.2, -0.15) is 0 Å². The maximum atomic E-state index is 6.90. The molecule has 0 fully saturated rings. The van der Waals surface area contributed by atoms with Crippen molar-refractivity contribution in [3.8, 4) is 33.4 Å². The largest absolute Gasteiger partial charge is 0.455 e. The molecule has 2 nitrogen and oxygen atoms in total. The second kappa shape index (κ2) is 13.2. The summed E-state index contributed by atoms with van der Waals surface area (Å²) in [6.07, 6.45) is 0. The summed E-state index contributed by atoms with van der Waals surface area (Å²) in [5.41, 5.74) is 12.0. The van der Waals surface area contributed by atoms with E-state index >= 15 is 0 Å². The van der Waals surface area contributed by atoms with Gasteiger partial charge in [0.05, 0.1) is 16.8 Å². The van der Waals surface area contributed by atoms with Crippen molar-refractivity contribution in [2.24, 2.45) is 0 Å². The van der Waals surface area contributed by atoms with Crippen LogP contribution in [0.5, 0.6) is 0 Å². The van der Waals surface area contributed by atoms with Crippen LogP contribution in [-0.2, 0) is 0 Å². The highest BCUT2D eigenvalue weighted by molar-refractivity contribution is 6.21. The number of fused-ring (bicyclic) bond motifs is 7. The zero-order valence-corrected chi connectivity index (χ0v) is 30.6. The van der Waals surface area contributed by atoms with Crippen LogP contribution in [0.4, 0.5) is 17.1 Å². The molecule has 0 saturated heterocycles. The van der Waals surface area contributed by atoms with Crippen LogP contribution in [0.15, 0.2) is 217 Å². The zero-order valence-electron chi connectivity index (χ0n) is 30.6. The summed E-state index contributed by atoms with van der Waals surface area (Å²) in [6, 6.07) is 76.4. The molecular weight excluding hydrogens is 679 g/mol. The number of para-hydroxylation sites is 1. The molecule has 10 aromatic carbocycles. The van der Waals surface area contributed by atoms with Crippen molar-refractivity contribution in [1.29, 1.82) is 0 Å². The van der Waals surface area contributed by atoms with E-state index < -0.39 is 0 Å². The summed E-state index contributed by atoms with van der Waals surface area (Å²) in [5.74, 6) is 0. The first-order valence-corrected chi connectivity index (χ1v) is 19.2. The van der Waals surface area contributed by atoms with E-state index in [1.807, 2.05) is 0 Å².